The number of hydrogen-bond acceptors (Lipinski definition) is 3. The first kappa shape index (κ1) is 15.3. The lowest BCUT2D eigenvalue weighted by atomic mass is 9.74. The summed E-state index contributed by atoms with van der Waals surface area (Å²) in [7, 11) is 0. The molecule has 4 nitrogen and oxygen atoms in total. The first-order valence-corrected chi connectivity index (χ1v) is 8.96. The topological polar surface area (TPSA) is 44.4 Å². The van der Waals surface area contributed by atoms with E-state index in [-0.39, 0.29) is 5.41 Å². The Morgan fingerprint density at radius 2 is 2.05 bits per heavy atom. The summed E-state index contributed by atoms with van der Waals surface area (Å²) in [5, 5.41) is 6.69. The van der Waals surface area contributed by atoms with Gasteiger partial charge in [-0.05, 0) is 64.1 Å². The van der Waals surface area contributed by atoms with Gasteiger partial charge in [0.25, 0.3) is 0 Å². The average Bonchev–Trinajstić information content (AvgIpc) is 3.25. The maximum atomic E-state index is 12.7. The minimum absolute atomic E-state index is 0.0885. The molecular formula is C17H31N3O. The Hall–Kier alpha value is -0.610. The minimum atomic E-state index is -0.0885. The molecule has 1 unspecified atom stereocenters. The largest absolute Gasteiger partial charge is 0.355 e. The molecule has 1 aliphatic carbocycles. The van der Waals surface area contributed by atoms with Crippen molar-refractivity contribution in [1.82, 2.24) is 15.5 Å². The standard InChI is InChI=1S/C17H31N3O/c1-2-6-17(7-9-18-10-8-17)16(21)19-12-14-5-11-20(13-14)15-3-4-15/h14-15,18H,2-13H2,1H3,(H,19,21). The third-order valence-corrected chi connectivity index (χ3v) is 5.70. The van der Waals surface area contributed by atoms with Crippen LogP contribution < -0.4 is 10.6 Å². The number of carbonyl (C=O) groups is 1. The number of hydrogen-bond donors (Lipinski definition) is 2. The van der Waals surface area contributed by atoms with Crippen molar-refractivity contribution in [3.8, 4) is 0 Å². The van der Waals surface area contributed by atoms with Crippen molar-refractivity contribution in [2.75, 3.05) is 32.7 Å². The van der Waals surface area contributed by atoms with Crippen molar-refractivity contribution in [2.24, 2.45) is 11.3 Å². The van der Waals surface area contributed by atoms with Gasteiger partial charge >= 0.3 is 0 Å². The van der Waals surface area contributed by atoms with Crippen molar-refractivity contribution in [1.29, 1.82) is 0 Å². The second-order valence-corrected chi connectivity index (χ2v) is 7.37. The summed E-state index contributed by atoms with van der Waals surface area (Å²) in [5.41, 5.74) is -0.0885. The van der Waals surface area contributed by atoms with E-state index in [0.717, 1.165) is 51.4 Å². The summed E-state index contributed by atoms with van der Waals surface area (Å²) in [6.45, 7) is 7.52. The highest BCUT2D eigenvalue weighted by atomic mass is 16.2. The Bertz CT molecular complexity index is 356. The van der Waals surface area contributed by atoms with Gasteiger partial charge in [-0.1, -0.05) is 13.3 Å². The molecule has 120 valence electrons. The number of amides is 1. The number of carbonyl (C=O) groups excluding carboxylic acids is 1. The van der Waals surface area contributed by atoms with Gasteiger partial charge in [0.15, 0.2) is 0 Å². The first-order chi connectivity index (χ1) is 10.2. The molecule has 1 atom stereocenters. The van der Waals surface area contributed by atoms with Gasteiger partial charge in [-0.3, -0.25) is 4.79 Å². The van der Waals surface area contributed by atoms with Gasteiger partial charge in [-0.2, -0.15) is 0 Å². The highest BCUT2D eigenvalue weighted by Crippen LogP contribution is 2.35. The molecule has 2 saturated heterocycles. The summed E-state index contributed by atoms with van der Waals surface area (Å²) < 4.78 is 0. The van der Waals surface area contributed by atoms with Crippen LogP contribution in [-0.2, 0) is 4.79 Å². The average molecular weight is 293 g/mol. The van der Waals surface area contributed by atoms with Crippen molar-refractivity contribution in [2.45, 2.75) is 57.9 Å². The van der Waals surface area contributed by atoms with Gasteiger partial charge in [0.2, 0.25) is 5.91 Å². The molecule has 0 radical (unpaired) electrons. The van der Waals surface area contributed by atoms with Crippen LogP contribution in [0.4, 0.5) is 0 Å². The number of piperidine rings is 1. The molecule has 3 fully saturated rings. The van der Waals surface area contributed by atoms with Crippen molar-refractivity contribution in [3.63, 3.8) is 0 Å². The van der Waals surface area contributed by atoms with Crippen LogP contribution in [0.2, 0.25) is 0 Å². The van der Waals surface area contributed by atoms with Gasteiger partial charge in [0.1, 0.15) is 0 Å². The van der Waals surface area contributed by atoms with Gasteiger partial charge < -0.3 is 15.5 Å². The van der Waals surface area contributed by atoms with E-state index >= 15 is 0 Å². The summed E-state index contributed by atoms with van der Waals surface area (Å²) in [5.74, 6) is 1.01. The maximum Gasteiger partial charge on any atom is 0.226 e. The Labute approximate surface area is 129 Å². The van der Waals surface area contributed by atoms with E-state index in [0.29, 0.717) is 11.8 Å². The fraction of sp³-hybridized carbons (Fsp3) is 0.941. The second kappa shape index (κ2) is 6.66. The van der Waals surface area contributed by atoms with Gasteiger partial charge in [-0.25, -0.2) is 0 Å². The molecule has 1 amide bonds. The van der Waals surface area contributed by atoms with Crippen molar-refractivity contribution in [3.05, 3.63) is 0 Å². The van der Waals surface area contributed by atoms with Gasteiger partial charge in [0.05, 0.1) is 5.41 Å². The summed E-state index contributed by atoms with van der Waals surface area (Å²) in [6.07, 6.45) is 8.21. The molecule has 3 rings (SSSR count). The predicted octanol–water partition coefficient (Wildman–Crippen LogP) is 1.76. The Morgan fingerprint density at radius 3 is 2.71 bits per heavy atom. The minimum Gasteiger partial charge on any atom is -0.355 e. The SMILES string of the molecule is CCCC1(C(=O)NCC2CCN(C3CC3)C2)CCNCC1. The van der Waals surface area contributed by atoms with Gasteiger partial charge in [-0.15, -0.1) is 0 Å². The summed E-state index contributed by atoms with van der Waals surface area (Å²) >= 11 is 0. The Morgan fingerprint density at radius 1 is 1.29 bits per heavy atom. The Kier molecular flexibility index (Phi) is 4.85. The highest BCUT2D eigenvalue weighted by Gasteiger charge is 2.39. The Balaban J connectivity index is 1.47. The summed E-state index contributed by atoms with van der Waals surface area (Å²) in [6, 6.07) is 0.876. The second-order valence-electron chi connectivity index (χ2n) is 7.37. The molecule has 1 saturated carbocycles. The van der Waals surface area contributed by atoms with Crippen LogP contribution in [0.5, 0.6) is 0 Å². The van der Waals surface area contributed by atoms with Crippen LogP contribution in [0.15, 0.2) is 0 Å². The normalized spacial score (nSPS) is 29.5. The molecule has 4 heteroatoms. The molecule has 21 heavy (non-hydrogen) atoms. The lowest BCUT2D eigenvalue weighted by molar-refractivity contribution is -0.133. The van der Waals surface area contributed by atoms with Crippen LogP contribution in [0, 0.1) is 11.3 Å². The van der Waals surface area contributed by atoms with E-state index in [1.54, 1.807) is 0 Å². The van der Waals surface area contributed by atoms with Crippen LogP contribution in [0.1, 0.15) is 51.9 Å². The third kappa shape index (κ3) is 3.59. The number of rotatable bonds is 6. The zero-order valence-electron chi connectivity index (χ0n) is 13.5. The van der Waals surface area contributed by atoms with Gasteiger partial charge in [0, 0.05) is 19.1 Å². The molecule has 0 aromatic carbocycles. The molecule has 0 aromatic rings. The maximum absolute atomic E-state index is 12.7. The molecule has 3 aliphatic rings. The summed E-state index contributed by atoms with van der Waals surface area (Å²) in [4.78, 5) is 15.4. The smallest absolute Gasteiger partial charge is 0.226 e. The molecule has 0 spiro atoms. The van der Waals surface area contributed by atoms with E-state index in [2.05, 4.69) is 22.5 Å². The fourth-order valence-electron chi connectivity index (χ4n) is 4.20. The molecule has 2 heterocycles. The lowest BCUT2D eigenvalue weighted by Gasteiger charge is -2.36. The van der Waals surface area contributed by atoms with Crippen molar-refractivity contribution < 1.29 is 4.79 Å². The number of nitrogens with one attached hydrogen (secondary N) is 2. The van der Waals surface area contributed by atoms with Crippen LogP contribution in [-0.4, -0.2) is 49.6 Å². The molecule has 0 aromatic heterocycles. The predicted molar refractivity (Wildman–Crippen MR) is 85.2 cm³/mol. The first-order valence-electron chi connectivity index (χ1n) is 8.96. The lowest BCUT2D eigenvalue weighted by Crippen LogP contribution is -2.48. The van der Waals surface area contributed by atoms with E-state index in [1.807, 2.05) is 0 Å². The third-order valence-electron chi connectivity index (χ3n) is 5.70. The number of nitrogens with zero attached hydrogens (tertiary/aromatic N) is 1. The van der Waals surface area contributed by atoms with Crippen LogP contribution >= 0.6 is 0 Å². The van der Waals surface area contributed by atoms with E-state index in [9.17, 15) is 4.79 Å². The molecule has 2 aliphatic heterocycles. The van der Waals surface area contributed by atoms with E-state index in [1.165, 1.54) is 32.4 Å². The zero-order valence-corrected chi connectivity index (χ0v) is 13.5. The van der Waals surface area contributed by atoms with Crippen LogP contribution in [0.25, 0.3) is 0 Å². The zero-order chi connectivity index (χ0) is 14.7. The van der Waals surface area contributed by atoms with Crippen LogP contribution in [0.3, 0.4) is 0 Å². The monoisotopic (exact) mass is 293 g/mol. The fourth-order valence-corrected chi connectivity index (χ4v) is 4.20. The van der Waals surface area contributed by atoms with E-state index in [4.69, 9.17) is 0 Å². The van der Waals surface area contributed by atoms with Crippen molar-refractivity contribution >= 4 is 5.91 Å². The molecule has 0 bridgehead atoms. The van der Waals surface area contributed by atoms with E-state index < -0.39 is 0 Å². The quantitative estimate of drug-likeness (QED) is 0.784. The molecular weight excluding hydrogens is 262 g/mol. The molecule has 2 N–H and O–H groups in total. The highest BCUT2D eigenvalue weighted by molar-refractivity contribution is 5.82. The number of likely N-dealkylation sites (tertiary alicyclic amines) is 1.